The van der Waals surface area contributed by atoms with Crippen molar-refractivity contribution in [3.05, 3.63) is 17.5 Å². The zero-order valence-corrected chi connectivity index (χ0v) is 18.8. The summed E-state index contributed by atoms with van der Waals surface area (Å²) in [6, 6.07) is 0. The molecule has 1 saturated heterocycles. The molecule has 7 nitrogen and oxygen atoms in total. The van der Waals surface area contributed by atoms with Crippen LogP contribution in [0.4, 0.5) is 19.1 Å². The predicted octanol–water partition coefficient (Wildman–Crippen LogP) is 3.33. The Kier molecular flexibility index (Phi) is 6.24. The van der Waals surface area contributed by atoms with Crippen LogP contribution in [0.5, 0.6) is 0 Å². The van der Waals surface area contributed by atoms with Gasteiger partial charge in [-0.05, 0) is 62.7 Å². The van der Waals surface area contributed by atoms with Gasteiger partial charge < -0.3 is 15.4 Å². The van der Waals surface area contributed by atoms with Gasteiger partial charge in [-0.15, -0.1) is 0 Å². The third kappa shape index (κ3) is 5.11. The van der Waals surface area contributed by atoms with Crippen LogP contribution in [-0.2, 0) is 10.9 Å². The molecular formula is C23H32F3N5O2. The quantitative estimate of drug-likeness (QED) is 0.668. The van der Waals surface area contributed by atoms with Crippen LogP contribution in [0, 0.1) is 17.8 Å². The summed E-state index contributed by atoms with van der Waals surface area (Å²) < 4.78 is 46.8. The third-order valence-corrected chi connectivity index (χ3v) is 7.89. The summed E-state index contributed by atoms with van der Waals surface area (Å²) in [4.78, 5) is 22.7. The number of morpholine rings is 1. The number of nitrogens with zero attached hydrogens (tertiary/aromatic N) is 3. The van der Waals surface area contributed by atoms with E-state index in [4.69, 9.17) is 4.74 Å². The van der Waals surface area contributed by atoms with Crippen molar-refractivity contribution in [2.75, 3.05) is 44.7 Å². The molecule has 1 aromatic heterocycles. The molecule has 2 N–H and O–H groups in total. The monoisotopic (exact) mass is 467 g/mol. The summed E-state index contributed by atoms with van der Waals surface area (Å²) in [6.45, 7) is 3.55. The van der Waals surface area contributed by atoms with Crippen LogP contribution in [0.25, 0.3) is 0 Å². The predicted molar refractivity (Wildman–Crippen MR) is 116 cm³/mol. The molecule has 1 aliphatic heterocycles. The molecule has 4 bridgehead atoms. The van der Waals surface area contributed by atoms with E-state index in [1.165, 1.54) is 19.3 Å². The number of anilines is 1. The maximum atomic E-state index is 13.8. The van der Waals surface area contributed by atoms with Crippen LogP contribution < -0.4 is 10.6 Å². The fourth-order valence-electron chi connectivity index (χ4n) is 6.62. The van der Waals surface area contributed by atoms with Crippen molar-refractivity contribution in [1.29, 1.82) is 0 Å². The Labute approximate surface area is 191 Å². The summed E-state index contributed by atoms with van der Waals surface area (Å²) in [5.74, 6) is 1.20. The Balaban J connectivity index is 1.29. The largest absolute Gasteiger partial charge is 0.434 e. The van der Waals surface area contributed by atoms with Crippen LogP contribution in [0.3, 0.4) is 0 Å². The Hall–Kier alpha value is -1.94. The van der Waals surface area contributed by atoms with E-state index < -0.39 is 23.3 Å². The van der Waals surface area contributed by atoms with E-state index in [0.717, 1.165) is 50.9 Å². The van der Waals surface area contributed by atoms with Gasteiger partial charge in [0.15, 0.2) is 5.69 Å². The standard InChI is InChI=1S/C23H32F3N5O2/c24-23(25,26)19-18(20(32)27-3-4-31-5-7-33-8-6-31)14-28-21(29-19)30-22-2-1-15-9-16(12-22)11-17(10-15)13-22/h14-17H,1-13H2,(H,27,32)(H,28,29,30). The van der Waals surface area contributed by atoms with E-state index in [1.54, 1.807) is 0 Å². The van der Waals surface area contributed by atoms with Crippen LogP contribution in [-0.4, -0.2) is 65.7 Å². The Morgan fingerprint density at radius 1 is 1.15 bits per heavy atom. The van der Waals surface area contributed by atoms with Gasteiger partial charge in [0, 0.05) is 37.9 Å². The van der Waals surface area contributed by atoms with Gasteiger partial charge in [-0.2, -0.15) is 13.2 Å². The smallest absolute Gasteiger partial charge is 0.379 e. The number of halogens is 3. The number of fused-ring (bicyclic) bond motifs is 1. The molecule has 2 unspecified atom stereocenters. The number of amides is 1. The molecule has 2 heterocycles. The fourth-order valence-corrected chi connectivity index (χ4v) is 6.62. The molecule has 5 fully saturated rings. The number of nitrogens with one attached hydrogen (secondary N) is 2. The van der Waals surface area contributed by atoms with E-state index in [2.05, 4.69) is 25.5 Å². The van der Waals surface area contributed by atoms with Gasteiger partial charge in [0.2, 0.25) is 5.95 Å². The highest BCUT2D eigenvalue weighted by atomic mass is 19.4. The second-order valence-corrected chi connectivity index (χ2v) is 10.3. The van der Waals surface area contributed by atoms with Crippen molar-refractivity contribution in [3.63, 3.8) is 0 Å². The van der Waals surface area contributed by atoms with Crippen molar-refractivity contribution in [3.8, 4) is 0 Å². The summed E-state index contributed by atoms with van der Waals surface area (Å²) >= 11 is 0. The minimum Gasteiger partial charge on any atom is -0.379 e. The molecule has 0 spiro atoms. The highest BCUT2D eigenvalue weighted by Crippen LogP contribution is 2.53. The number of rotatable bonds is 6. The number of hydrogen-bond acceptors (Lipinski definition) is 6. The lowest BCUT2D eigenvalue weighted by Gasteiger charge is -2.45. The van der Waals surface area contributed by atoms with Crippen molar-refractivity contribution in [2.24, 2.45) is 17.8 Å². The molecule has 33 heavy (non-hydrogen) atoms. The van der Waals surface area contributed by atoms with E-state index in [1.807, 2.05) is 0 Å². The van der Waals surface area contributed by atoms with Gasteiger partial charge in [0.25, 0.3) is 5.91 Å². The summed E-state index contributed by atoms with van der Waals surface area (Å²) in [5.41, 5.74) is -1.94. The van der Waals surface area contributed by atoms with Gasteiger partial charge in [0.05, 0.1) is 18.8 Å². The van der Waals surface area contributed by atoms with Crippen molar-refractivity contribution < 1.29 is 22.7 Å². The van der Waals surface area contributed by atoms with Gasteiger partial charge in [-0.1, -0.05) is 0 Å². The molecule has 10 heteroatoms. The zero-order chi connectivity index (χ0) is 23.1. The van der Waals surface area contributed by atoms with Crippen molar-refractivity contribution >= 4 is 11.9 Å². The van der Waals surface area contributed by atoms with Crippen LogP contribution in [0.2, 0.25) is 0 Å². The molecule has 4 saturated carbocycles. The Morgan fingerprint density at radius 3 is 2.55 bits per heavy atom. The molecule has 4 aliphatic carbocycles. The molecule has 0 aromatic carbocycles. The maximum Gasteiger partial charge on any atom is 0.434 e. The number of carbonyl (C=O) groups excluding carboxylic acids is 1. The van der Waals surface area contributed by atoms with Gasteiger partial charge in [-0.25, -0.2) is 9.97 Å². The van der Waals surface area contributed by atoms with E-state index in [9.17, 15) is 18.0 Å². The average Bonchev–Trinajstić information content (AvgIpc) is 2.97. The first-order valence-corrected chi connectivity index (χ1v) is 12.1. The lowest BCUT2D eigenvalue weighted by Crippen LogP contribution is -2.45. The lowest BCUT2D eigenvalue weighted by atomic mass is 9.65. The first-order valence-electron chi connectivity index (χ1n) is 12.1. The average molecular weight is 468 g/mol. The Bertz CT molecular complexity index is 860. The summed E-state index contributed by atoms with van der Waals surface area (Å²) in [5, 5.41) is 5.91. The first-order chi connectivity index (χ1) is 15.8. The second-order valence-electron chi connectivity index (χ2n) is 10.3. The van der Waals surface area contributed by atoms with Gasteiger partial charge in [-0.3, -0.25) is 9.69 Å². The van der Waals surface area contributed by atoms with Gasteiger partial charge >= 0.3 is 6.18 Å². The number of hydrogen-bond donors (Lipinski definition) is 2. The third-order valence-electron chi connectivity index (χ3n) is 7.89. The molecule has 6 rings (SSSR count). The van der Waals surface area contributed by atoms with Crippen LogP contribution in [0.1, 0.15) is 61.0 Å². The minimum atomic E-state index is -4.74. The zero-order valence-electron chi connectivity index (χ0n) is 18.8. The molecule has 182 valence electrons. The van der Waals surface area contributed by atoms with E-state index in [-0.39, 0.29) is 18.0 Å². The fraction of sp³-hybridized carbons (Fsp3) is 0.783. The number of aromatic nitrogens is 2. The van der Waals surface area contributed by atoms with E-state index in [0.29, 0.717) is 31.6 Å². The number of ether oxygens (including phenoxy) is 1. The number of carbonyl (C=O) groups is 1. The SMILES string of the molecule is O=C(NCCN1CCOCC1)c1cnc(NC23CCC4CC(CC(C4)C2)C3)nc1C(F)(F)F. The minimum absolute atomic E-state index is 0.0214. The molecule has 1 amide bonds. The summed E-state index contributed by atoms with van der Waals surface area (Å²) in [7, 11) is 0. The molecule has 2 atom stereocenters. The highest BCUT2D eigenvalue weighted by molar-refractivity contribution is 5.95. The van der Waals surface area contributed by atoms with Crippen LogP contribution in [0.15, 0.2) is 6.20 Å². The van der Waals surface area contributed by atoms with Gasteiger partial charge in [0.1, 0.15) is 0 Å². The molecule has 1 aromatic rings. The topological polar surface area (TPSA) is 79.4 Å². The van der Waals surface area contributed by atoms with E-state index >= 15 is 0 Å². The second kappa shape index (κ2) is 9.02. The highest BCUT2D eigenvalue weighted by Gasteiger charge is 2.48. The normalized spacial score (nSPS) is 31.9. The molecular weight excluding hydrogens is 435 g/mol. The number of alkyl halides is 3. The lowest BCUT2D eigenvalue weighted by molar-refractivity contribution is -0.141. The van der Waals surface area contributed by atoms with Crippen molar-refractivity contribution in [1.82, 2.24) is 20.2 Å². The Morgan fingerprint density at radius 2 is 1.85 bits per heavy atom. The maximum absolute atomic E-state index is 13.8. The van der Waals surface area contributed by atoms with Crippen LogP contribution >= 0.6 is 0 Å². The molecule has 5 aliphatic rings. The molecule has 0 radical (unpaired) electrons. The van der Waals surface area contributed by atoms with Crippen molar-refractivity contribution in [2.45, 2.75) is 56.7 Å². The summed E-state index contributed by atoms with van der Waals surface area (Å²) in [6.07, 6.45) is 3.97. The first kappa shape index (κ1) is 22.8.